The second kappa shape index (κ2) is 5.95. The van der Waals surface area contributed by atoms with E-state index in [4.69, 9.17) is 21.4 Å². The number of ether oxygens (including phenoxy) is 1. The maximum Gasteiger partial charge on any atom is 0.100 e. The molecule has 0 radical (unpaired) electrons. The summed E-state index contributed by atoms with van der Waals surface area (Å²) in [5.74, 6) is 0. The van der Waals surface area contributed by atoms with E-state index >= 15 is 0 Å². The first-order valence-corrected chi connectivity index (χ1v) is 4.85. The van der Waals surface area contributed by atoms with Crippen molar-refractivity contribution in [2.24, 2.45) is 0 Å². The van der Waals surface area contributed by atoms with Crippen LogP contribution in [-0.2, 0) is 11.3 Å². The van der Waals surface area contributed by atoms with E-state index < -0.39 is 0 Å². The van der Waals surface area contributed by atoms with Gasteiger partial charge >= 0.3 is 0 Å². The molecule has 0 aliphatic rings. The molecule has 14 heavy (non-hydrogen) atoms. The molecule has 0 bridgehead atoms. The topological polar surface area (TPSA) is 60.2 Å². The lowest BCUT2D eigenvalue weighted by atomic mass is 10.3. The zero-order chi connectivity index (χ0) is 10.4. The van der Waals surface area contributed by atoms with E-state index in [1.807, 2.05) is 0 Å². The van der Waals surface area contributed by atoms with Crippen LogP contribution in [0.1, 0.15) is 17.5 Å². The summed E-state index contributed by atoms with van der Waals surface area (Å²) in [6.45, 7) is 1.18. The Bertz CT molecular complexity index is 267. The van der Waals surface area contributed by atoms with Crippen molar-refractivity contribution in [3.63, 3.8) is 0 Å². The molecule has 1 heterocycles. The molecular formula is C8H14ClN3O2. The molecule has 1 unspecified atom stereocenters. The second-order valence-corrected chi connectivity index (χ2v) is 3.41. The summed E-state index contributed by atoms with van der Waals surface area (Å²) in [6.07, 6.45) is 2.26. The number of halogens is 1. The lowest BCUT2D eigenvalue weighted by Gasteiger charge is -2.09. The third-order valence-corrected chi connectivity index (χ3v) is 2.16. The van der Waals surface area contributed by atoms with Crippen LogP contribution in [0.25, 0.3) is 0 Å². The van der Waals surface area contributed by atoms with Gasteiger partial charge in [0.25, 0.3) is 0 Å². The summed E-state index contributed by atoms with van der Waals surface area (Å²) in [5, 5.41) is 16.1. The van der Waals surface area contributed by atoms with Crippen LogP contribution in [0.15, 0.2) is 6.20 Å². The number of hydrogen-bond donors (Lipinski definition) is 1. The van der Waals surface area contributed by atoms with Gasteiger partial charge in [-0.2, -0.15) is 0 Å². The minimum Gasteiger partial charge on any atom is -0.396 e. The van der Waals surface area contributed by atoms with Gasteiger partial charge in [0.1, 0.15) is 5.38 Å². The molecule has 0 aromatic carbocycles. The summed E-state index contributed by atoms with van der Waals surface area (Å²) in [5.41, 5.74) is 0.821. The Morgan fingerprint density at radius 3 is 3.14 bits per heavy atom. The van der Waals surface area contributed by atoms with Crippen molar-refractivity contribution in [2.45, 2.75) is 18.3 Å². The number of aromatic nitrogens is 3. The van der Waals surface area contributed by atoms with Crippen molar-refractivity contribution < 1.29 is 9.84 Å². The van der Waals surface area contributed by atoms with Crippen molar-refractivity contribution in [3.05, 3.63) is 11.9 Å². The van der Waals surface area contributed by atoms with Crippen LogP contribution >= 0.6 is 11.6 Å². The Kier molecular flexibility index (Phi) is 4.86. The van der Waals surface area contributed by atoms with Gasteiger partial charge in [0.2, 0.25) is 0 Å². The number of methoxy groups -OCH3 is 1. The van der Waals surface area contributed by atoms with E-state index in [-0.39, 0.29) is 12.0 Å². The van der Waals surface area contributed by atoms with E-state index in [1.165, 1.54) is 0 Å². The molecule has 1 atom stereocenters. The van der Waals surface area contributed by atoms with Crippen molar-refractivity contribution in [1.82, 2.24) is 15.0 Å². The predicted molar refractivity (Wildman–Crippen MR) is 52.2 cm³/mol. The number of aliphatic hydroxyl groups excluding tert-OH is 1. The smallest absolute Gasteiger partial charge is 0.100 e. The van der Waals surface area contributed by atoms with Gasteiger partial charge in [0, 0.05) is 20.3 Å². The summed E-state index contributed by atoms with van der Waals surface area (Å²) in [7, 11) is 1.59. The quantitative estimate of drug-likeness (QED) is 0.712. The fourth-order valence-corrected chi connectivity index (χ4v) is 1.43. The van der Waals surface area contributed by atoms with E-state index in [9.17, 15) is 0 Å². The van der Waals surface area contributed by atoms with Crippen LogP contribution in [0, 0.1) is 0 Å². The maximum absolute atomic E-state index is 8.68. The Hall–Kier alpha value is -0.650. The normalized spacial score (nSPS) is 13.1. The zero-order valence-corrected chi connectivity index (χ0v) is 8.81. The van der Waals surface area contributed by atoms with Gasteiger partial charge in [0.15, 0.2) is 0 Å². The first kappa shape index (κ1) is 11.4. The van der Waals surface area contributed by atoms with Gasteiger partial charge in [-0.1, -0.05) is 5.21 Å². The highest BCUT2D eigenvalue weighted by atomic mass is 35.5. The molecule has 1 aromatic heterocycles. The predicted octanol–water partition coefficient (Wildman–Crippen LogP) is 0.587. The van der Waals surface area contributed by atoms with E-state index in [0.29, 0.717) is 19.6 Å². The van der Waals surface area contributed by atoms with Gasteiger partial charge in [0.05, 0.1) is 18.5 Å². The summed E-state index contributed by atoms with van der Waals surface area (Å²) >= 11 is 6.04. The standard InChI is InChI=1S/C8H14ClN3O2/c1-14-6-7(9)8-5-10-11-12(8)3-2-4-13/h5,7,13H,2-4,6H2,1H3. The molecular weight excluding hydrogens is 206 g/mol. The molecule has 0 amide bonds. The van der Waals surface area contributed by atoms with Crippen LogP contribution in [-0.4, -0.2) is 40.4 Å². The molecule has 1 rings (SSSR count). The Morgan fingerprint density at radius 2 is 2.50 bits per heavy atom. The van der Waals surface area contributed by atoms with E-state index in [1.54, 1.807) is 18.0 Å². The van der Waals surface area contributed by atoms with E-state index in [0.717, 1.165) is 5.69 Å². The largest absolute Gasteiger partial charge is 0.396 e. The number of alkyl halides is 1. The fourth-order valence-electron chi connectivity index (χ4n) is 1.13. The highest BCUT2D eigenvalue weighted by Crippen LogP contribution is 2.19. The van der Waals surface area contributed by atoms with Crippen molar-refractivity contribution in [2.75, 3.05) is 20.3 Å². The van der Waals surface area contributed by atoms with Crippen molar-refractivity contribution in [1.29, 1.82) is 0 Å². The van der Waals surface area contributed by atoms with Gasteiger partial charge in [-0.25, -0.2) is 4.68 Å². The first-order chi connectivity index (χ1) is 6.79. The lowest BCUT2D eigenvalue weighted by molar-refractivity contribution is 0.195. The molecule has 0 aliphatic heterocycles. The Labute approximate surface area is 87.6 Å². The van der Waals surface area contributed by atoms with Crippen LogP contribution in [0.5, 0.6) is 0 Å². The molecule has 1 N–H and O–H groups in total. The molecule has 0 saturated carbocycles. The molecule has 0 saturated heterocycles. The van der Waals surface area contributed by atoms with Gasteiger partial charge in [-0.05, 0) is 6.42 Å². The molecule has 1 aromatic rings. The highest BCUT2D eigenvalue weighted by Gasteiger charge is 2.13. The summed E-state index contributed by atoms with van der Waals surface area (Å²) < 4.78 is 6.62. The third kappa shape index (κ3) is 2.94. The minimum atomic E-state index is -0.242. The zero-order valence-electron chi connectivity index (χ0n) is 8.06. The number of rotatable bonds is 6. The summed E-state index contributed by atoms with van der Waals surface area (Å²) in [4.78, 5) is 0. The molecule has 5 nitrogen and oxygen atoms in total. The third-order valence-electron chi connectivity index (χ3n) is 1.81. The van der Waals surface area contributed by atoms with Crippen molar-refractivity contribution >= 4 is 11.6 Å². The number of hydrogen-bond acceptors (Lipinski definition) is 4. The minimum absolute atomic E-state index is 0.135. The van der Waals surface area contributed by atoms with Gasteiger partial charge in [-0.3, -0.25) is 0 Å². The Morgan fingerprint density at radius 1 is 1.71 bits per heavy atom. The van der Waals surface area contributed by atoms with Crippen LogP contribution < -0.4 is 0 Å². The van der Waals surface area contributed by atoms with Crippen LogP contribution in [0.4, 0.5) is 0 Å². The number of nitrogens with zero attached hydrogens (tertiary/aromatic N) is 3. The molecule has 0 aliphatic carbocycles. The van der Waals surface area contributed by atoms with E-state index in [2.05, 4.69) is 10.3 Å². The van der Waals surface area contributed by atoms with Crippen LogP contribution in [0.3, 0.4) is 0 Å². The monoisotopic (exact) mass is 219 g/mol. The number of aryl methyl sites for hydroxylation is 1. The molecule has 6 heteroatoms. The van der Waals surface area contributed by atoms with Crippen LogP contribution in [0.2, 0.25) is 0 Å². The van der Waals surface area contributed by atoms with Gasteiger partial charge < -0.3 is 9.84 Å². The summed E-state index contributed by atoms with van der Waals surface area (Å²) in [6, 6.07) is 0. The second-order valence-electron chi connectivity index (χ2n) is 2.88. The Balaban J connectivity index is 2.61. The maximum atomic E-state index is 8.68. The average Bonchev–Trinajstić information content (AvgIpc) is 2.63. The lowest BCUT2D eigenvalue weighted by Crippen LogP contribution is -2.10. The SMILES string of the molecule is COCC(Cl)c1cnnn1CCCO. The molecule has 0 fully saturated rings. The first-order valence-electron chi connectivity index (χ1n) is 4.42. The number of aliphatic hydroxyl groups is 1. The highest BCUT2D eigenvalue weighted by molar-refractivity contribution is 6.20. The van der Waals surface area contributed by atoms with Gasteiger partial charge in [-0.15, -0.1) is 16.7 Å². The molecule has 0 spiro atoms. The average molecular weight is 220 g/mol. The van der Waals surface area contributed by atoms with Crippen molar-refractivity contribution in [3.8, 4) is 0 Å². The fraction of sp³-hybridized carbons (Fsp3) is 0.750. The molecule has 80 valence electrons.